The lowest BCUT2D eigenvalue weighted by molar-refractivity contribution is -0.326. The predicted octanol–water partition coefficient (Wildman–Crippen LogP) is 7.64. The maximum absolute atomic E-state index is 13.5. The van der Waals surface area contributed by atoms with E-state index < -0.39 is 30.9 Å². The van der Waals surface area contributed by atoms with Crippen molar-refractivity contribution in [3.05, 3.63) is 83.9 Å². The average Bonchev–Trinajstić information content (AvgIpc) is 3.28. The third-order valence-corrected chi connectivity index (χ3v) is 7.18. The summed E-state index contributed by atoms with van der Waals surface area (Å²) in [5, 5.41) is 0. The number of rotatable bonds is 12. The van der Waals surface area contributed by atoms with E-state index in [1.807, 2.05) is 42.5 Å². The van der Waals surface area contributed by atoms with Crippen LogP contribution in [-0.4, -0.2) is 34.7 Å². The van der Waals surface area contributed by atoms with Gasteiger partial charge < -0.3 is 4.74 Å². The molecule has 1 saturated heterocycles. The van der Waals surface area contributed by atoms with Gasteiger partial charge in [-0.05, 0) is 70.6 Å². The minimum absolute atomic E-state index is 0.0906. The van der Waals surface area contributed by atoms with E-state index in [-0.39, 0.29) is 31.0 Å². The highest BCUT2D eigenvalue weighted by Gasteiger charge is 2.39. The highest BCUT2D eigenvalue weighted by Crippen LogP contribution is 2.53. The van der Waals surface area contributed by atoms with Gasteiger partial charge in [0, 0.05) is 6.42 Å². The van der Waals surface area contributed by atoms with Gasteiger partial charge in [-0.2, -0.15) is 0 Å². The first kappa shape index (κ1) is 31.7. The van der Waals surface area contributed by atoms with Crippen molar-refractivity contribution in [2.45, 2.75) is 83.7 Å². The van der Waals surface area contributed by atoms with Crippen molar-refractivity contribution < 1.29 is 38.0 Å². The van der Waals surface area contributed by atoms with Gasteiger partial charge in [-0.1, -0.05) is 60.7 Å². The van der Waals surface area contributed by atoms with Crippen molar-refractivity contribution in [3.63, 3.8) is 0 Å². The van der Waals surface area contributed by atoms with Gasteiger partial charge in [0.2, 0.25) is 5.91 Å². The van der Waals surface area contributed by atoms with Gasteiger partial charge >= 0.3 is 13.7 Å². The van der Waals surface area contributed by atoms with Crippen LogP contribution in [0.5, 0.6) is 0 Å². The van der Waals surface area contributed by atoms with E-state index in [1.165, 1.54) is 4.90 Å². The Morgan fingerprint density at radius 1 is 1.02 bits per heavy atom. The second kappa shape index (κ2) is 13.2. The third-order valence-electron chi connectivity index (χ3n) is 5.83. The molecule has 0 unspecified atom stereocenters. The highest BCUT2D eigenvalue weighted by atomic mass is 31.2. The molecular formula is C30H40NO8P. The van der Waals surface area contributed by atoms with Gasteiger partial charge in [0.15, 0.2) is 0 Å². The molecule has 218 valence electrons. The zero-order valence-corrected chi connectivity index (χ0v) is 25.0. The summed E-state index contributed by atoms with van der Waals surface area (Å²) >= 11 is 0. The molecule has 0 spiro atoms. The smallest absolute Gasteiger partial charge is 0.417 e. The molecular weight excluding hydrogens is 533 g/mol. The van der Waals surface area contributed by atoms with Crippen LogP contribution in [0.15, 0.2) is 67.3 Å². The second-order valence-corrected chi connectivity index (χ2v) is 13.6. The van der Waals surface area contributed by atoms with Crippen LogP contribution < -0.4 is 0 Å². The normalized spacial score (nSPS) is 17.0. The molecule has 0 aliphatic carbocycles. The molecule has 1 aliphatic heterocycles. The van der Waals surface area contributed by atoms with Crippen LogP contribution in [0.2, 0.25) is 0 Å². The van der Waals surface area contributed by atoms with Crippen LogP contribution >= 0.6 is 7.60 Å². The molecule has 0 aromatic heterocycles. The largest absolute Gasteiger partial charge is 0.446 e. The molecule has 1 heterocycles. The lowest BCUT2D eigenvalue weighted by Crippen LogP contribution is -2.35. The Hall–Kier alpha value is -2.81. The predicted molar refractivity (Wildman–Crippen MR) is 151 cm³/mol. The zero-order chi connectivity index (χ0) is 29.6. The van der Waals surface area contributed by atoms with Crippen molar-refractivity contribution in [3.8, 4) is 0 Å². The minimum atomic E-state index is -3.84. The first-order valence-corrected chi connectivity index (χ1v) is 15.0. The van der Waals surface area contributed by atoms with Gasteiger partial charge in [-0.25, -0.2) is 19.5 Å². The fourth-order valence-corrected chi connectivity index (χ4v) is 5.45. The van der Waals surface area contributed by atoms with Crippen molar-refractivity contribution in [1.29, 1.82) is 0 Å². The van der Waals surface area contributed by atoms with E-state index in [1.54, 1.807) is 59.8 Å². The van der Waals surface area contributed by atoms with Crippen molar-refractivity contribution in [2.75, 3.05) is 6.61 Å². The molecule has 0 radical (unpaired) electrons. The molecule has 0 saturated carbocycles. The van der Waals surface area contributed by atoms with E-state index in [4.69, 9.17) is 23.9 Å². The number of nitrogens with zero attached hydrogens (tertiary/aromatic N) is 1. The molecule has 1 aliphatic rings. The lowest BCUT2D eigenvalue weighted by Gasteiger charge is -2.25. The van der Waals surface area contributed by atoms with Crippen LogP contribution in [0.1, 0.15) is 83.0 Å². The SMILES string of the molecule is C=CC[C@@H](CC(=O)N1C(=O)OC[C@@H]1c1ccccc1)c1ccc(CP(=O)(OOC(C)(C)C)OOC(C)(C)C)cc1. The number of cyclic esters (lactones) is 1. The summed E-state index contributed by atoms with van der Waals surface area (Å²) in [6.07, 6.45) is 1.62. The van der Waals surface area contributed by atoms with Crippen molar-refractivity contribution in [2.24, 2.45) is 0 Å². The number of carbonyl (C=O) groups is 2. The van der Waals surface area contributed by atoms with Crippen LogP contribution in [-0.2, 0) is 39.4 Å². The number of benzene rings is 2. The summed E-state index contributed by atoms with van der Waals surface area (Å²) in [5.74, 6) is -0.547. The first-order valence-electron chi connectivity index (χ1n) is 13.3. The molecule has 3 rings (SSSR count). The number of hydrogen-bond donors (Lipinski definition) is 0. The molecule has 10 heteroatoms. The number of carbonyl (C=O) groups excluding carboxylic acids is 2. The van der Waals surface area contributed by atoms with Gasteiger partial charge in [0.1, 0.15) is 12.6 Å². The maximum atomic E-state index is 13.5. The number of ether oxygens (including phenoxy) is 1. The summed E-state index contributed by atoms with van der Waals surface area (Å²) in [4.78, 5) is 37.6. The number of hydrogen-bond acceptors (Lipinski definition) is 8. The molecule has 2 aromatic rings. The van der Waals surface area contributed by atoms with E-state index in [9.17, 15) is 14.2 Å². The van der Waals surface area contributed by atoms with Crippen LogP contribution in [0, 0.1) is 0 Å². The fourth-order valence-electron chi connectivity index (χ4n) is 3.99. The van der Waals surface area contributed by atoms with Crippen LogP contribution in [0.25, 0.3) is 0 Å². The van der Waals surface area contributed by atoms with Crippen molar-refractivity contribution >= 4 is 19.6 Å². The van der Waals surface area contributed by atoms with E-state index in [0.29, 0.717) is 12.0 Å². The number of imide groups is 1. The summed E-state index contributed by atoms with van der Waals surface area (Å²) in [7, 11) is -3.84. The quantitative estimate of drug-likeness (QED) is 0.111. The molecule has 2 aromatic carbocycles. The lowest BCUT2D eigenvalue weighted by atomic mass is 9.91. The molecule has 2 atom stereocenters. The summed E-state index contributed by atoms with van der Waals surface area (Å²) in [5.41, 5.74) is 0.950. The van der Waals surface area contributed by atoms with Gasteiger partial charge in [-0.15, -0.1) is 15.9 Å². The topological polar surface area (TPSA) is 101 Å². The van der Waals surface area contributed by atoms with E-state index in [2.05, 4.69) is 6.58 Å². The Bertz CT molecular complexity index is 1180. The summed E-state index contributed by atoms with van der Waals surface area (Å²) in [6.45, 7) is 14.6. The summed E-state index contributed by atoms with van der Waals surface area (Å²) < 4.78 is 29.2. The molecule has 0 N–H and O–H groups in total. The average molecular weight is 574 g/mol. The molecule has 2 amide bonds. The standard InChI is InChI=1S/C30H40NO8P/c1-8-12-25(19-27(32)31-26(20-35-28(31)33)24-13-10-9-11-14-24)23-17-15-22(16-18-23)21-40(34,38-36-29(2,3)4)39-37-30(5,6)7/h8-11,13-18,25-26H,1,12,19-21H2,2-7H3/t25-,26+/m0/s1. The van der Waals surface area contributed by atoms with E-state index in [0.717, 1.165) is 11.1 Å². The molecule has 40 heavy (non-hydrogen) atoms. The molecule has 1 fully saturated rings. The van der Waals surface area contributed by atoms with Gasteiger partial charge in [0.25, 0.3) is 0 Å². The Kier molecular flexibility index (Phi) is 10.5. The molecule has 9 nitrogen and oxygen atoms in total. The Morgan fingerprint density at radius 2 is 1.60 bits per heavy atom. The third kappa shape index (κ3) is 9.39. The Morgan fingerprint density at radius 3 is 2.12 bits per heavy atom. The second-order valence-electron chi connectivity index (χ2n) is 11.7. The van der Waals surface area contributed by atoms with Gasteiger partial charge in [0.05, 0.1) is 17.4 Å². The van der Waals surface area contributed by atoms with E-state index >= 15 is 0 Å². The first-order chi connectivity index (χ1) is 18.7. The zero-order valence-electron chi connectivity index (χ0n) is 24.1. The summed E-state index contributed by atoms with van der Waals surface area (Å²) in [6, 6.07) is 16.2. The number of amides is 2. The fraction of sp³-hybridized carbons (Fsp3) is 0.467. The van der Waals surface area contributed by atoms with Crippen molar-refractivity contribution in [1.82, 2.24) is 4.90 Å². The minimum Gasteiger partial charge on any atom is -0.446 e. The van der Waals surface area contributed by atoms with Crippen LogP contribution in [0.4, 0.5) is 4.79 Å². The Labute approximate surface area is 236 Å². The highest BCUT2D eigenvalue weighted by molar-refractivity contribution is 7.52. The maximum Gasteiger partial charge on any atom is 0.417 e. The van der Waals surface area contributed by atoms with Crippen LogP contribution in [0.3, 0.4) is 0 Å². The number of allylic oxidation sites excluding steroid dienone is 1. The Balaban J connectivity index is 1.75. The van der Waals surface area contributed by atoms with Gasteiger partial charge in [-0.3, -0.25) is 9.36 Å². The monoisotopic (exact) mass is 573 g/mol. The molecule has 0 bridgehead atoms.